The van der Waals surface area contributed by atoms with Gasteiger partial charge in [-0.15, -0.1) is 0 Å². The second kappa shape index (κ2) is 4.93. The Bertz CT molecular complexity index is 565. The standard InChI is InChI=1S/C17H18O/c18-17-11-4-2-7-15(17)12-14-9-5-8-13-6-1-3-10-16(13)14/h1,3,5-6,8-10,15H,2,4,7,11-12H2/t15-/m1/s1. The summed E-state index contributed by atoms with van der Waals surface area (Å²) in [4.78, 5) is 11.9. The lowest BCUT2D eigenvalue weighted by Crippen LogP contribution is -2.21. The number of carbonyl (C=O) groups excluding carboxylic acids is 1. The van der Waals surface area contributed by atoms with E-state index in [1.54, 1.807) is 0 Å². The van der Waals surface area contributed by atoms with Crippen molar-refractivity contribution in [1.29, 1.82) is 0 Å². The lowest BCUT2D eigenvalue weighted by atomic mass is 9.83. The highest BCUT2D eigenvalue weighted by molar-refractivity contribution is 5.87. The Balaban J connectivity index is 1.92. The van der Waals surface area contributed by atoms with Gasteiger partial charge in [-0.2, -0.15) is 0 Å². The highest BCUT2D eigenvalue weighted by Gasteiger charge is 2.22. The lowest BCUT2D eigenvalue weighted by Gasteiger charge is -2.21. The fourth-order valence-electron chi connectivity index (χ4n) is 3.01. The van der Waals surface area contributed by atoms with Gasteiger partial charge >= 0.3 is 0 Å². The van der Waals surface area contributed by atoms with E-state index >= 15 is 0 Å². The summed E-state index contributed by atoms with van der Waals surface area (Å²) in [5.74, 6) is 0.721. The highest BCUT2D eigenvalue weighted by atomic mass is 16.1. The molecule has 92 valence electrons. The van der Waals surface area contributed by atoms with Crippen molar-refractivity contribution in [3.63, 3.8) is 0 Å². The molecular formula is C17H18O. The molecule has 0 amide bonds. The van der Waals surface area contributed by atoms with Crippen molar-refractivity contribution in [2.24, 2.45) is 5.92 Å². The quantitative estimate of drug-likeness (QED) is 0.768. The van der Waals surface area contributed by atoms with Crippen molar-refractivity contribution < 1.29 is 4.79 Å². The van der Waals surface area contributed by atoms with Crippen LogP contribution in [0.15, 0.2) is 42.5 Å². The molecule has 0 aromatic heterocycles. The largest absolute Gasteiger partial charge is 0.299 e. The van der Waals surface area contributed by atoms with E-state index < -0.39 is 0 Å². The van der Waals surface area contributed by atoms with E-state index in [9.17, 15) is 4.79 Å². The average molecular weight is 238 g/mol. The Morgan fingerprint density at radius 3 is 2.72 bits per heavy atom. The van der Waals surface area contributed by atoms with Crippen LogP contribution in [0.3, 0.4) is 0 Å². The predicted molar refractivity (Wildman–Crippen MR) is 74.6 cm³/mol. The molecular weight excluding hydrogens is 220 g/mol. The van der Waals surface area contributed by atoms with Gasteiger partial charge in [-0.05, 0) is 35.6 Å². The van der Waals surface area contributed by atoms with Gasteiger partial charge in [0.05, 0.1) is 0 Å². The SMILES string of the molecule is O=C1CCCC[C@@H]1Cc1cccc2ccccc12. The summed E-state index contributed by atoms with van der Waals surface area (Å²) in [6.45, 7) is 0. The first-order valence-corrected chi connectivity index (χ1v) is 6.84. The summed E-state index contributed by atoms with van der Waals surface area (Å²) < 4.78 is 0. The van der Waals surface area contributed by atoms with Gasteiger partial charge < -0.3 is 0 Å². The fourth-order valence-corrected chi connectivity index (χ4v) is 3.01. The molecule has 1 nitrogen and oxygen atoms in total. The number of rotatable bonds is 2. The zero-order valence-corrected chi connectivity index (χ0v) is 10.6. The minimum atomic E-state index is 0.254. The molecule has 1 heteroatoms. The Morgan fingerprint density at radius 1 is 1.00 bits per heavy atom. The molecule has 0 N–H and O–H groups in total. The minimum Gasteiger partial charge on any atom is -0.299 e. The summed E-state index contributed by atoms with van der Waals surface area (Å²) in [6, 6.07) is 14.9. The first-order chi connectivity index (χ1) is 8.84. The zero-order chi connectivity index (χ0) is 12.4. The molecule has 0 unspecified atom stereocenters. The zero-order valence-electron chi connectivity index (χ0n) is 10.6. The number of benzene rings is 2. The third-order valence-electron chi connectivity index (χ3n) is 4.03. The van der Waals surface area contributed by atoms with Crippen LogP contribution in [-0.2, 0) is 11.2 Å². The maximum absolute atomic E-state index is 11.9. The summed E-state index contributed by atoms with van der Waals surface area (Å²) in [5, 5.41) is 2.58. The molecule has 0 heterocycles. The monoisotopic (exact) mass is 238 g/mol. The second-order valence-corrected chi connectivity index (χ2v) is 5.25. The van der Waals surface area contributed by atoms with Gasteiger partial charge in [0, 0.05) is 12.3 Å². The van der Waals surface area contributed by atoms with Crippen LogP contribution in [0.5, 0.6) is 0 Å². The first-order valence-electron chi connectivity index (χ1n) is 6.84. The first kappa shape index (κ1) is 11.5. The number of Topliss-reactive ketones (excluding diaryl/α,β-unsaturated/α-hetero) is 1. The van der Waals surface area contributed by atoms with E-state index in [4.69, 9.17) is 0 Å². The lowest BCUT2D eigenvalue weighted by molar-refractivity contribution is -0.124. The Kier molecular flexibility index (Phi) is 3.14. The Labute approximate surface area is 108 Å². The fraction of sp³-hybridized carbons (Fsp3) is 0.353. The number of fused-ring (bicyclic) bond motifs is 1. The summed E-state index contributed by atoms with van der Waals surface area (Å²) in [5.41, 5.74) is 1.33. The number of carbonyl (C=O) groups is 1. The van der Waals surface area contributed by atoms with Crippen LogP contribution in [0.2, 0.25) is 0 Å². The van der Waals surface area contributed by atoms with Gasteiger partial charge in [0.15, 0.2) is 0 Å². The van der Waals surface area contributed by atoms with E-state index in [1.165, 1.54) is 22.8 Å². The molecule has 1 aliphatic carbocycles. The van der Waals surface area contributed by atoms with Crippen LogP contribution in [0.4, 0.5) is 0 Å². The maximum Gasteiger partial charge on any atom is 0.136 e. The average Bonchev–Trinajstić information content (AvgIpc) is 2.42. The van der Waals surface area contributed by atoms with Gasteiger partial charge in [0.2, 0.25) is 0 Å². The Hall–Kier alpha value is -1.63. The van der Waals surface area contributed by atoms with E-state index in [0.717, 1.165) is 25.7 Å². The molecule has 1 aliphatic rings. The number of ketones is 1. The van der Waals surface area contributed by atoms with E-state index in [0.29, 0.717) is 5.78 Å². The van der Waals surface area contributed by atoms with Crippen LogP contribution in [0.25, 0.3) is 10.8 Å². The molecule has 1 atom stereocenters. The Morgan fingerprint density at radius 2 is 1.83 bits per heavy atom. The van der Waals surface area contributed by atoms with Crippen LogP contribution in [0, 0.1) is 5.92 Å². The molecule has 1 fully saturated rings. The van der Waals surface area contributed by atoms with Crippen molar-refractivity contribution in [3.05, 3.63) is 48.0 Å². The van der Waals surface area contributed by atoms with Gasteiger partial charge in [0.1, 0.15) is 5.78 Å². The van der Waals surface area contributed by atoms with Crippen molar-refractivity contribution in [2.75, 3.05) is 0 Å². The molecule has 2 aromatic carbocycles. The third-order valence-corrected chi connectivity index (χ3v) is 4.03. The normalized spacial score (nSPS) is 20.2. The molecule has 2 aromatic rings. The minimum absolute atomic E-state index is 0.254. The molecule has 0 saturated heterocycles. The van der Waals surface area contributed by atoms with Gasteiger partial charge in [-0.25, -0.2) is 0 Å². The molecule has 0 aliphatic heterocycles. The molecule has 1 saturated carbocycles. The van der Waals surface area contributed by atoms with Gasteiger partial charge in [0.25, 0.3) is 0 Å². The van der Waals surface area contributed by atoms with Crippen LogP contribution in [-0.4, -0.2) is 5.78 Å². The molecule has 0 radical (unpaired) electrons. The molecule has 0 spiro atoms. The van der Waals surface area contributed by atoms with E-state index in [1.807, 2.05) is 0 Å². The van der Waals surface area contributed by atoms with Gasteiger partial charge in [-0.3, -0.25) is 4.79 Å². The molecule has 18 heavy (non-hydrogen) atoms. The van der Waals surface area contributed by atoms with Crippen molar-refractivity contribution in [3.8, 4) is 0 Å². The predicted octanol–water partition coefficient (Wildman–Crippen LogP) is 4.14. The summed E-state index contributed by atoms with van der Waals surface area (Å²) in [6.07, 6.45) is 5.07. The van der Waals surface area contributed by atoms with Crippen LogP contribution >= 0.6 is 0 Å². The topological polar surface area (TPSA) is 17.1 Å². The summed E-state index contributed by atoms with van der Waals surface area (Å²) in [7, 11) is 0. The van der Waals surface area contributed by atoms with Crippen molar-refractivity contribution in [2.45, 2.75) is 32.1 Å². The van der Waals surface area contributed by atoms with Crippen LogP contribution in [0.1, 0.15) is 31.2 Å². The molecule has 0 bridgehead atoms. The van der Waals surface area contributed by atoms with Crippen LogP contribution < -0.4 is 0 Å². The number of hydrogen-bond donors (Lipinski definition) is 0. The maximum atomic E-state index is 11.9. The highest BCUT2D eigenvalue weighted by Crippen LogP contribution is 2.27. The second-order valence-electron chi connectivity index (χ2n) is 5.25. The van der Waals surface area contributed by atoms with E-state index in [-0.39, 0.29) is 5.92 Å². The molecule has 3 rings (SSSR count). The van der Waals surface area contributed by atoms with Crippen molar-refractivity contribution in [1.82, 2.24) is 0 Å². The third kappa shape index (κ3) is 2.17. The van der Waals surface area contributed by atoms with Gasteiger partial charge in [-0.1, -0.05) is 48.9 Å². The number of hydrogen-bond acceptors (Lipinski definition) is 1. The summed E-state index contributed by atoms with van der Waals surface area (Å²) >= 11 is 0. The smallest absolute Gasteiger partial charge is 0.136 e. The van der Waals surface area contributed by atoms with E-state index in [2.05, 4.69) is 42.5 Å². The van der Waals surface area contributed by atoms with Crippen molar-refractivity contribution >= 4 is 16.6 Å².